The number of rotatable bonds is 5. The average Bonchev–Trinajstić information content (AvgIpc) is 2.78. The largest absolute Gasteiger partial charge is 0.596 e. The van der Waals surface area contributed by atoms with Crippen LogP contribution >= 0.6 is 11.8 Å². The van der Waals surface area contributed by atoms with E-state index in [1.54, 1.807) is 42.4 Å². The van der Waals surface area contributed by atoms with Crippen LogP contribution in [0.2, 0.25) is 0 Å². The van der Waals surface area contributed by atoms with E-state index in [4.69, 9.17) is 9.47 Å². The molecule has 198 valence electrons. The SMILES string of the molecule is CC(=O)SC1CCC(OC(C(=O)N2CC[N+](C(=O)OC(C)(C)C)=C(C)C2)c2ccc(C)c(F)c2)CC1. The fourth-order valence-corrected chi connectivity index (χ4v) is 5.51. The first kappa shape index (κ1) is 28.3. The quantitative estimate of drug-likeness (QED) is 0.506. The number of halogens is 1. The van der Waals surface area contributed by atoms with Crippen LogP contribution in [0.4, 0.5) is 9.18 Å². The molecular formula is C27H38FN2O5S+. The van der Waals surface area contributed by atoms with Crippen LogP contribution in [0.1, 0.15) is 77.5 Å². The molecule has 7 nitrogen and oxygen atoms in total. The zero-order valence-corrected chi connectivity index (χ0v) is 23.0. The third-order valence-electron chi connectivity index (χ3n) is 6.40. The lowest BCUT2D eigenvalue weighted by Crippen LogP contribution is -2.50. The lowest BCUT2D eigenvalue weighted by Gasteiger charge is -2.33. The maximum atomic E-state index is 14.5. The Morgan fingerprint density at radius 2 is 1.81 bits per heavy atom. The zero-order chi connectivity index (χ0) is 26.6. The van der Waals surface area contributed by atoms with Gasteiger partial charge in [-0.15, -0.1) is 4.58 Å². The first-order valence-electron chi connectivity index (χ1n) is 12.5. The van der Waals surface area contributed by atoms with Gasteiger partial charge >= 0.3 is 6.09 Å². The first-order chi connectivity index (χ1) is 16.8. The third kappa shape index (κ3) is 7.62. The van der Waals surface area contributed by atoms with Gasteiger partial charge in [-0.05, 0) is 70.6 Å². The topological polar surface area (TPSA) is 75.9 Å². The van der Waals surface area contributed by atoms with Crippen LogP contribution in [0.3, 0.4) is 0 Å². The normalized spacial score (nSPS) is 21.8. The number of nitrogens with zero attached hydrogens (tertiary/aromatic N) is 2. The molecule has 1 aliphatic carbocycles. The van der Waals surface area contributed by atoms with Crippen LogP contribution in [-0.4, -0.2) is 68.9 Å². The van der Waals surface area contributed by atoms with E-state index in [2.05, 4.69) is 0 Å². The van der Waals surface area contributed by atoms with Crippen LogP contribution in [0, 0.1) is 12.7 Å². The molecule has 3 rings (SSSR count). The van der Waals surface area contributed by atoms with Gasteiger partial charge in [-0.25, -0.2) is 4.39 Å². The maximum absolute atomic E-state index is 14.5. The van der Waals surface area contributed by atoms with Crippen LogP contribution in [0.5, 0.6) is 0 Å². The molecule has 0 radical (unpaired) electrons. The summed E-state index contributed by atoms with van der Waals surface area (Å²) in [7, 11) is 0. The zero-order valence-electron chi connectivity index (χ0n) is 22.1. The number of ether oxygens (including phenoxy) is 2. The van der Waals surface area contributed by atoms with E-state index in [0.29, 0.717) is 29.9 Å². The highest BCUT2D eigenvalue weighted by atomic mass is 32.2. The number of carbonyl (C=O) groups is 3. The Hall–Kier alpha value is -2.26. The van der Waals surface area contributed by atoms with E-state index in [9.17, 15) is 18.8 Å². The van der Waals surface area contributed by atoms with E-state index in [-0.39, 0.29) is 34.7 Å². The van der Waals surface area contributed by atoms with Crippen molar-refractivity contribution in [3.8, 4) is 0 Å². The van der Waals surface area contributed by atoms with Gasteiger partial charge in [-0.1, -0.05) is 23.9 Å². The molecule has 1 aliphatic heterocycles. The highest BCUT2D eigenvalue weighted by molar-refractivity contribution is 8.14. The number of hydrogen-bond donors (Lipinski definition) is 0. The van der Waals surface area contributed by atoms with Gasteiger partial charge in [0.05, 0.1) is 12.6 Å². The standard InChI is InChI=1S/C27H38FN2O5S/c1-17-7-8-20(15-23(17)28)24(34-21-9-11-22(12-10-21)36-19(3)31)25(32)29-13-14-30(18(2)16-29)26(33)35-27(4,5)6/h7-8,15,21-22,24H,9-14,16H2,1-6H3/q+1. The molecule has 0 saturated heterocycles. The number of hydrogen-bond acceptors (Lipinski definition) is 6. The Morgan fingerprint density at radius 1 is 1.14 bits per heavy atom. The summed E-state index contributed by atoms with van der Waals surface area (Å²) < 4.78 is 27.9. The molecule has 1 fully saturated rings. The average molecular weight is 522 g/mol. The summed E-state index contributed by atoms with van der Waals surface area (Å²) in [5.41, 5.74) is 1.08. The fraction of sp³-hybridized carbons (Fsp3) is 0.630. The number of benzene rings is 1. The second-order valence-corrected chi connectivity index (χ2v) is 12.1. The molecule has 0 N–H and O–H groups in total. The summed E-state index contributed by atoms with van der Waals surface area (Å²) in [6, 6.07) is 4.78. The van der Waals surface area contributed by atoms with Crippen molar-refractivity contribution in [3.05, 3.63) is 35.1 Å². The van der Waals surface area contributed by atoms with Gasteiger partial charge in [0.1, 0.15) is 18.0 Å². The van der Waals surface area contributed by atoms with Crippen LogP contribution in [-0.2, 0) is 19.1 Å². The number of amides is 2. The minimum atomic E-state index is -0.942. The molecule has 9 heteroatoms. The summed E-state index contributed by atoms with van der Waals surface area (Å²) >= 11 is 1.37. The lowest BCUT2D eigenvalue weighted by molar-refractivity contribution is -0.457. The smallest absolute Gasteiger partial charge is 0.406 e. The predicted octanol–water partition coefficient (Wildman–Crippen LogP) is 5.03. The summed E-state index contributed by atoms with van der Waals surface area (Å²) in [6.45, 7) is 11.4. The highest BCUT2D eigenvalue weighted by Crippen LogP contribution is 2.34. The number of carbonyl (C=O) groups excluding carboxylic acids is 3. The van der Waals surface area contributed by atoms with Crippen molar-refractivity contribution in [2.75, 3.05) is 19.6 Å². The van der Waals surface area contributed by atoms with Crippen LogP contribution < -0.4 is 0 Å². The Bertz CT molecular complexity index is 1030. The van der Waals surface area contributed by atoms with Crippen molar-refractivity contribution in [3.63, 3.8) is 0 Å². The van der Waals surface area contributed by atoms with Gasteiger partial charge in [-0.3, -0.25) is 9.59 Å². The Labute approximate surface area is 217 Å². The fourth-order valence-electron chi connectivity index (χ4n) is 4.54. The summed E-state index contributed by atoms with van der Waals surface area (Å²) in [4.78, 5) is 39.4. The van der Waals surface area contributed by atoms with Crippen molar-refractivity contribution in [2.45, 2.75) is 90.3 Å². The molecule has 1 aromatic rings. The van der Waals surface area contributed by atoms with Crippen molar-refractivity contribution in [1.29, 1.82) is 0 Å². The van der Waals surface area contributed by atoms with Crippen LogP contribution in [0.15, 0.2) is 18.2 Å². The van der Waals surface area contributed by atoms with Crippen molar-refractivity contribution < 1.29 is 32.8 Å². The molecule has 1 unspecified atom stereocenters. The van der Waals surface area contributed by atoms with E-state index >= 15 is 0 Å². The van der Waals surface area contributed by atoms with Crippen LogP contribution in [0.25, 0.3) is 0 Å². The van der Waals surface area contributed by atoms with E-state index < -0.39 is 17.8 Å². The second-order valence-electron chi connectivity index (χ2n) is 10.7. The molecule has 1 atom stereocenters. The Balaban J connectivity index is 1.76. The van der Waals surface area contributed by atoms with Gasteiger partial charge < -0.3 is 14.4 Å². The molecule has 2 aliphatic rings. The minimum absolute atomic E-state index is 0.111. The summed E-state index contributed by atoms with van der Waals surface area (Å²) in [6.07, 6.45) is 1.62. The van der Waals surface area contributed by atoms with E-state index in [1.807, 2.05) is 20.8 Å². The summed E-state index contributed by atoms with van der Waals surface area (Å²) in [5, 5.41) is 0.381. The van der Waals surface area contributed by atoms with E-state index in [1.165, 1.54) is 17.8 Å². The highest BCUT2D eigenvalue weighted by Gasteiger charge is 2.38. The van der Waals surface area contributed by atoms with Gasteiger partial charge in [-0.2, -0.15) is 4.79 Å². The van der Waals surface area contributed by atoms with Gasteiger partial charge in [0.15, 0.2) is 23.5 Å². The molecule has 1 saturated carbocycles. The Kier molecular flexibility index (Phi) is 9.33. The second kappa shape index (κ2) is 11.9. The molecule has 2 amide bonds. The molecule has 0 spiro atoms. The molecule has 1 aromatic carbocycles. The van der Waals surface area contributed by atoms with Gasteiger partial charge in [0.2, 0.25) is 0 Å². The molecule has 1 heterocycles. The van der Waals surface area contributed by atoms with Crippen molar-refractivity contribution >= 4 is 34.6 Å². The van der Waals surface area contributed by atoms with Crippen molar-refractivity contribution in [2.24, 2.45) is 0 Å². The predicted molar refractivity (Wildman–Crippen MR) is 138 cm³/mol. The van der Waals surface area contributed by atoms with Crippen molar-refractivity contribution in [1.82, 2.24) is 4.90 Å². The minimum Gasteiger partial charge on any atom is -0.406 e. The van der Waals surface area contributed by atoms with E-state index in [0.717, 1.165) is 25.7 Å². The molecule has 0 aromatic heterocycles. The monoisotopic (exact) mass is 521 g/mol. The number of aryl methyl sites for hydroxylation is 1. The Morgan fingerprint density at radius 3 is 2.36 bits per heavy atom. The molecular weight excluding hydrogens is 483 g/mol. The maximum Gasteiger partial charge on any atom is 0.596 e. The first-order valence-corrected chi connectivity index (χ1v) is 13.4. The van der Waals surface area contributed by atoms with Gasteiger partial charge in [0, 0.05) is 19.1 Å². The lowest BCUT2D eigenvalue weighted by atomic mass is 9.96. The molecule has 36 heavy (non-hydrogen) atoms. The summed E-state index contributed by atoms with van der Waals surface area (Å²) in [5.74, 6) is -0.630. The molecule has 0 bridgehead atoms. The number of thioether (sulfide) groups is 1. The van der Waals surface area contributed by atoms with Gasteiger partial charge in [0.25, 0.3) is 5.91 Å². The third-order valence-corrected chi connectivity index (χ3v) is 7.54.